The third-order valence-electron chi connectivity index (χ3n) is 3.94. The van der Waals surface area contributed by atoms with E-state index in [4.69, 9.17) is 33.2 Å². The van der Waals surface area contributed by atoms with Crippen LogP contribution in [0, 0.1) is 11.3 Å². The van der Waals surface area contributed by atoms with E-state index in [1.807, 2.05) is 6.07 Å². The van der Waals surface area contributed by atoms with Gasteiger partial charge in [0.1, 0.15) is 11.5 Å². The maximum atomic E-state index is 12.0. The Labute approximate surface area is 188 Å². The number of rotatable bonds is 6. The summed E-state index contributed by atoms with van der Waals surface area (Å²) in [6.07, 6.45) is 0. The van der Waals surface area contributed by atoms with Gasteiger partial charge in [-0.3, -0.25) is 4.79 Å². The van der Waals surface area contributed by atoms with E-state index in [-0.39, 0.29) is 6.54 Å². The number of nitriles is 1. The van der Waals surface area contributed by atoms with Crippen LogP contribution in [-0.2, 0) is 4.79 Å². The fourth-order valence-electron chi connectivity index (χ4n) is 2.46. The number of nitrogens with one attached hydrogen (secondary N) is 3. The molecule has 3 aromatic rings. The molecule has 0 spiro atoms. The standard InChI is InChI=1S/C22H16Cl2N4O3/c23-15-3-10-19(24)20(11-15)28-21(29)13-26-22(30)27-16-4-8-18(9-5-16)31-17-6-1-14(12-25)2-7-17/h1-11H,13H2,(H,28,29)(H2,26,27,30). The lowest BCUT2D eigenvalue weighted by Crippen LogP contribution is -2.35. The van der Waals surface area contributed by atoms with Crippen LogP contribution in [0.25, 0.3) is 0 Å². The van der Waals surface area contributed by atoms with Crippen LogP contribution in [0.3, 0.4) is 0 Å². The van der Waals surface area contributed by atoms with Crippen LogP contribution in [0.2, 0.25) is 10.0 Å². The van der Waals surface area contributed by atoms with E-state index in [0.29, 0.717) is 38.5 Å². The van der Waals surface area contributed by atoms with Gasteiger partial charge in [-0.25, -0.2) is 4.79 Å². The van der Waals surface area contributed by atoms with Crippen molar-refractivity contribution < 1.29 is 14.3 Å². The molecule has 0 aliphatic carbocycles. The maximum Gasteiger partial charge on any atom is 0.319 e. The molecule has 31 heavy (non-hydrogen) atoms. The average molecular weight is 455 g/mol. The molecule has 7 nitrogen and oxygen atoms in total. The summed E-state index contributed by atoms with van der Waals surface area (Å²) in [6.45, 7) is -0.255. The zero-order chi connectivity index (χ0) is 22.2. The number of halogens is 2. The van der Waals surface area contributed by atoms with E-state index < -0.39 is 11.9 Å². The Kier molecular flexibility index (Phi) is 7.33. The minimum atomic E-state index is -0.548. The van der Waals surface area contributed by atoms with Crippen LogP contribution < -0.4 is 20.7 Å². The van der Waals surface area contributed by atoms with Gasteiger partial charge in [-0.1, -0.05) is 23.2 Å². The summed E-state index contributed by atoms with van der Waals surface area (Å²) in [7, 11) is 0. The number of benzene rings is 3. The quantitative estimate of drug-likeness (QED) is 0.462. The van der Waals surface area contributed by atoms with Crippen molar-refractivity contribution in [1.29, 1.82) is 5.26 Å². The predicted octanol–water partition coefficient (Wildman–Crippen LogP) is 5.42. The van der Waals surface area contributed by atoms with Gasteiger partial charge in [0, 0.05) is 10.7 Å². The van der Waals surface area contributed by atoms with E-state index >= 15 is 0 Å². The topological polar surface area (TPSA) is 103 Å². The molecule has 0 aliphatic heterocycles. The second-order valence-corrected chi connectivity index (χ2v) is 7.09. The van der Waals surface area contributed by atoms with Crippen LogP contribution >= 0.6 is 23.2 Å². The smallest absolute Gasteiger partial charge is 0.319 e. The first-order valence-corrected chi connectivity index (χ1v) is 9.76. The molecule has 0 fully saturated rings. The third kappa shape index (κ3) is 6.64. The summed E-state index contributed by atoms with van der Waals surface area (Å²) < 4.78 is 5.68. The Morgan fingerprint density at radius 3 is 2.19 bits per heavy atom. The molecule has 0 heterocycles. The van der Waals surface area contributed by atoms with Crippen LogP contribution in [0.15, 0.2) is 66.7 Å². The summed E-state index contributed by atoms with van der Waals surface area (Å²) in [5.41, 5.74) is 1.42. The molecule has 0 saturated heterocycles. The Bertz CT molecular complexity index is 1130. The largest absolute Gasteiger partial charge is 0.457 e. The van der Waals surface area contributed by atoms with Gasteiger partial charge in [-0.15, -0.1) is 0 Å². The number of nitrogens with zero attached hydrogens (tertiary/aromatic N) is 1. The molecule has 0 radical (unpaired) electrons. The van der Waals surface area contributed by atoms with Gasteiger partial charge in [-0.05, 0) is 66.7 Å². The number of carbonyl (C=O) groups is 2. The maximum absolute atomic E-state index is 12.0. The third-order valence-corrected chi connectivity index (χ3v) is 4.51. The summed E-state index contributed by atoms with van der Waals surface area (Å²) in [5.74, 6) is 0.696. The highest BCUT2D eigenvalue weighted by Gasteiger charge is 2.09. The van der Waals surface area contributed by atoms with Gasteiger partial charge < -0.3 is 20.7 Å². The second-order valence-electron chi connectivity index (χ2n) is 6.24. The molecule has 156 valence electrons. The minimum Gasteiger partial charge on any atom is -0.457 e. The first-order chi connectivity index (χ1) is 14.9. The number of ether oxygens (including phenoxy) is 1. The monoisotopic (exact) mass is 454 g/mol. The Hall–Kier alpha value is -3.73. The van der Waals surface area contributed by atoms with E-state index in [2.05, 4.69) is 16.0 Å². The normalized spacial score (nSPS) is 9.97. The van der Waals surface area contributed by atoms with Crippen molar-refractivity contribution in [3.63, 3.8) is 0 Å². The molecule has 3 aromatic carbocycles. The highest BCUT2D eigenvalue weighted by Crippen LogP contribution is 2.25. The van der Waals surface area contributed by atoms with Gasteiger partial charge in [0.25, 0.3) is 0 Å². The van der Waals surface area contributed by atoms with Gasteiger partial charge >= 0.3 is 6.03 Å². The van der Waals surface area contributed by atoms with E-state index in [1.165, 1.54) is 6.07 Å². The molecule has 0 aromatic heterocycles. The number of carbonyl (C=O) groups excluding carboxylic acids is 2. The Morgan fingerprint density at radius 1 is 0.903 bits per heavy atom. The van der Waals surface area contributed by atoms with Gasteiger partial charge in [0.05, 0.1) is 28.9 Å². The molecular formula is C22H16Cl2N4O3. The average Bonchev–Trinajstić information content (AvgIpc) is 2.77. The molecule has 3 amide bonds. The van der Waals surface area contributed by atoms with Crippen molar-refractivity contribution in [2.75, 3.05) is 17.2 Å². The molecular weight excluding hydrogens is 439 g/mol. The molecule has 9 heteroatoms. The number of urea groups is 1. The fourth-order valence-corrected chi connectivity index (χ4v) is 2.80. The van der Waals surface area contributed by atoms with Crippen LogP contribution in [0.5, 0.6) is 11.5 Å². The van der Waals surface area contributed by atoms with Gasteiger partial charge in [0.2, 0.25) is 5.91 Å². The molecule has 0 saturated carbocycles. The highest BCUT2D eigenvalue weighted by molar-refractivity contribution is 6.35. The molecule has 0 aliphatic rings. The summed E-state index contributed by atoms with van der Waals surface area (Å²) >= 11 is 11.9. The predicted molar refractivity (Wildman–Crippen MR) is 120 cm³/mol. The second kappa shape index (κ2) is 10.3. The lowest BCUT2D eigenvalue weighted by atomic mass is 10.2. The van der Waals surface area contributed by atoms with E-state index in [9.17, 15) is 9.59 Å². The van der Waals surface area contributed by atoms with Gasteiger partial charge in [-0.2, -0.15) is 5.26 Å². The van der Waals surface area contributed by atoms with Crippen molar-refractivity contribution >= 4 is 46.5 Å². The van der Waals surface area contributed by atoms with Crippen molar-refractivity contribution in [2.45, 2.75) is 0 Å². The van der Waals surface area contributed by atoms with Crippen LogP contribution in [0.1, 0.15) is 5.56 Å². The van der Waals surface area contributed by atoms with Crippen molar-refractivity contribution in [3.8, 4) is 17.6 Å². The molecule has 0 bridgehead atoms. The van der Waals surface area contributed by atoms with E-state index in [0.717, 1.165) is 0 Å². The number of hydrogen-bond acceptors (Lipinski definition) is 4. The number of hydrogen-bond donors (Lipinski definition) is 3. The van der Waals surface area contributed by atoms with Gasteiger partial charge in [0.15, 0.2) is 0 Å². The van der Waals surface area contributed by atoms with Crippen molar-refractivity contribution in [2.24, 2.45) is 0 Å². The molecule has 3 rings (SSSR count). The lowest BCUT2D eigenvalue weighted by Gasteiger charge is -2.10. The zero-order valence-electron chi connectivity index (χ0n) is 16.0. The number of anilines is 2. The Balaban J connectivity index is 1.47. The summed E-state index contributed by atoms with van der Waals surface area (Å²) in [6, 6.07) is 19.6. The fraction of sp³-hybridized carbons (Fsp3) is 0.0455. The molecule has 0 atom stereocenters. The van der Waals surface area contributed by atoms with Crippen LogP contribution in [0.4, 0.5) is 16.2 Å². The first-order valence-electron chi connectivity index (χ1n) is 9.01. The highest BCUT2D eigenvalue weighted by atomic mass is 35.5. The van der Waals surface area contributed by atoms with E-state index in [1.54, 1.807) is 60.7 Å². The summed E-state index contributed by atoms with van der Waals surface area (Å²) in [4.78, 5) is 24.0. The Morgan fingerprint density at radius 2 is 1.55 bits per heavy atom. The van der Waals surface area contributed by atoms with Crippen molar-refractivity contribution in [3.05, 3.63) is 82.3 Å². The zero-order valence-corrected chi connectivity index (χ0v) is 17.5. The van der Waals surface area contributed by atoms with Crippen molar-refractivity contribution in [1.82, 2.24) is 5.32 Å². The molecule has 0 unspecified atom stereocenters. The van der Waals surface area contributed by atoms with Crippen LogP contribution in [-0.4, -0.2) is 18.5 Å². The lowest BCUT2D eigenvalue weighted by molar-refractivity contribution is -0.115. The SMILES string of the molecule is N#Cc1ccc(Oc2ccc(NC(=O)NCC(=O)Nc3cc(Cl)ccc3Cl)cc2)cc1. The summed E-state index contributed by atoms with van der Waals surface area (Å²) in [5, 5.41) is 17.2. The number of amides is 3. The first kappa shape index (κ1) is 22.0. The minimum absolute atomic E-state index is 0.255. The molecule has 3 N–H and O–H groups in total.